The van der Waals surface area contributed by atoms with Gasteiger partial charge in [0.15, 0.2) is 0 Å². The van der Waals surface area contributed by atoms with Crippen molar-refractivity contribution in [2.24, 2.45) is 5.84 Å². The molecule has 2 rings (SSSR count). The molecule has 0 aliphatic carbocycles. The average molecular weight is 250 g/mol. The number of nitrogens with zero attached hydrogens (tertiary/aromatic N) is 2. The van der Waals surface area contributed by atoms with Gasteiger partial charge in [-0.25, -0.2) is 11.0 Å². The third-order valence-corrected chi connectivity index (χ3v) is 2.54. The number of nitro benzene ring substituents is 1. The Hall–Kier alpha value is -2.41. The van der Waals surface area contributed by atoms with Gasteiger partial charge in [0.05, 0.1) is 10.6 Å². The number of hydrogen-bond donors (Lipinski definition) is 2. The van der Waals surface area contributed by atoms with Crippen molar-refractivity contribution in [3.05, 3.63) is 57.5 Å². The molecular weight excluding hydrogens is 239 g/mol. The van der Waals surface area contributed by atoms with Crippen LogP contribution >= 0.6 is 0 Å². The summed E-state index contributed by atoms with van der Waals surface area (Å²) in [5.41, 5.74) is 3.92. The number of hydrogen-bond acceptors (Lipinski definition) is 5. The smallest absolute Gasteiger partial charge is 0.284 e. The van der Waals surface area contributed by atoms with Gasteiger partial charge in [0, 0.05) is 17.8 Å². The lowest BCUT2D eigenvalue weighted by atomic mass is 10.0. The normalized spacial score (nSPS) is 14.2. The molecule has 1 aliphatic rings. The first-order chi connectivity index (χ1) is 8.49. The van der Waals surface area contributed by atoms with Gasteiger partial charge in [-0.15, -0.1) is 0 Å². The van der Waals surface area contributed by atoms with Crippen LogP contribution in [0.4, 0.5) is 10.1 Å². The summed E-state index contributed by atoms with van der Waals surface area (Å²) in [5.74, 6) is 4.68. The molecule has 7 heteroatoms. The van der Waals surface area contributed by atoms with E-state index in [0.717, 1.165) is 6.07 Å². The van der Waals surface area contributed by atoms with Crippen molar-refractivity contribution in [1.29, 1.82) is 0 Å². The van der Waals surface area contributed by atoms with Crippen LogP contribution in [0.25, 0.3) is 5.70 Å². The summed E-state index contributed by atoms with van der Waals surface area (Å²) < 4.78 is 13.4. The van der Waals surface area contributed by atoms with Crippen molar-refractivity contribution in [2.45, 2.75) is 6.92 Å². The van der Waals surface area contributed by atoms with Gasteiger partial charge in [0.1, 0.15) is 0 Å². The molecule has 0 atom stereocenters. The summed E-state index contributed by atoms with van der Waals surface area (Å²) >= 11 is 0. The van der Waals surface area contributed by atoms with Gasteiger partial charge in [0.25, 0.3) is 0 Å². The fourth-order valence-corrected chi connectivity index (χ4v) is 1.69. The quantitative estimate of drug-likeness (QED) is 0.473. The molecule has 0 fully saturated rings. The van der Waals surface area contributed by atoms with E-state index in [1.165, 1.54) is 11.2 Å². The maximum absolute atomic E-state index is 13.4. The molecule has 6 nitrogen and oxygen atoms in total. The van der Waals surface area contributed by atoms with E-state index in [1.54, 1.807) is 25.3 Å². The van der Waals surface area contributed by atoms with Crippen LogP contribution in [0.1, 0.15) is 11.1 Å². The molecule has 94 valence electrons. The van der Waals surface area contributed by atoms with Crippen molar-refractivity contribution < 1.29 is 9.31 Å². The Bertz CT molecular complexity index is 568. The molecule has 0 unspecified atom stereocenters. The van der Waals surface area contributed by atoms with E-state index in [9.17, 15) is 14.5 Å². The molecule has 0 amide bonds. The minimum Gasteiger partial charge on any atom is -0.284 e. The lowest BCUT2D eigenvalue weighted by molar-refractivity contribution is -0.387. The number of hydrazine groups is 2. The molecule has 0 spiro atoms. The Morgan fingerprint density at radius 3 is 2.83 bits per heavy atom. The van der Waals surface area contributed by atoms with E-state index in [1.807, 2.05) is 0 Å². The molecule has 1 aromatic carbocycles. The Balaban J connectivity index is 2.51. The predicted octanol–water partition coefficient (Wildman–Crippen LogP) is 1.59. The highest BCUT2D eigenvalue weighted by molar-refractivity contribution is 5.70. The second kappa shape index (κ2) is 4.46. The zero-order valence-electron chi connectivity index (χ0n) is 9.55. The molecule has 18 heavy (non-hydrogen) atoms. The minimum atomic E-state index is -0.849. The first kappa shape index (κ1) is 12.1. The molecule has 0 saturated heterocycles. The van der Waals surface area contributed by atoms with Crippen molar-refractivity contribution in [3.63, 3.8) is 0 Å². The van der Waals surface area contributed by atoms with Crippen LogP contribution in [0.3, 0.4) is 0 Å². The van der Waals surface area contributed by atoms with Gasteiger partial charge in [0.2, 0.25) is 5.82 Å². The SMILES string of the molecule is Cc1cc(F)c([N+](=O)[O-])cc1C1=CC=CN(N)N1. The van der Waals surface area contributed by atoms with Crippen molar-refractivity contribution in [1.82, 2.24) is 10.5 Å². The highest BCUT2D eigenvalue weighted by Gasteiger charge is 2.19. The van der Waals surface area contributed by atoms with Gasteiger partial charge in [-0.1, -0.05) is 0 Å². The Morgan fingerprint density at radius 2 is 2.22 bits per heavy atom. The standard InChI is InChI=1S/C11H11FN4O2/c1-7-5-9(12)11(16(17)18)6-8(7)10-3-2-4-15(13)14-10/h2-6,14H,13H2,1H3. The third kappa shape index (κ3) is 2.16. The molecule has 0 aromatic heterocycles. The second-order valence-electron chi connectivity index (χ2n) is 3.82. The molecule has 3 N–H and O–H groups in total. The van der Waals surface area contributed by atoms with Gasteiger partial charge in [-0.2, -0.15) is 4.39 Å². The maximum Gasteiger partial charge on any atom is 0.305 e. The summed E-state index contributed by atoms with van der Waals surface area (Å²) in [7, 11) is 0. The zero-order valence-corrected chi connectivity index (χ0v) is 9.55. The van der Waals surface area contributed by atoms with Gasteiger partial charge in [-0.3, -0.25) is 15.5 Å². The molecule has 0 saturated carbocycles. The van der Waals surface area contributed by atoms with Crippen LogP contribution in [0.5, 0.6) is 0 Å². The fraction of sp³-hybridized carbons (Fsp3) is 0.0909. The molecule has 1 heterocycles. The predicted molar refractivity (Wildman–Crippen MR) is 64.1 cm³/mol. The number of benzene rings is 1. The number of nitrogens with two attached hydrogens (primary N) is 1. The lowest BCUT2D eigenvalue weighted by Crippen LogP contribution is -2.39. The zero-order chi connectivity index (χ0) is 13.3. The Morgan fingerprint density at radius 1 is 1.50 bits per heavy atom. The van der Waals surface area contributed by atoms with E-state index in [0.29, 0.717) is 16.8 Å². The summed E-state index contributed by atoms with van der Waals surface area (Å²) in [5, 5.41) is 11.9. The van der Waals surface area contributed by atoms with Crippen LogP contribution in [-0.4, -0.2) is 10.0 Å². The topological polar surface area (TPSA) is 84.4 Å². The molecule has 0 bridgehead atoms. The summed E-state index contributed by atoms with van der Waals surface area (Å²) in [6.07, 6.45) is 4.96. The first-order valence-corrected chi connectivity index (χ1v) is 5.13. The van der Waals surface area contributed by atoms with Crippen molar-refractivity contribution >= 4 is 11.4 Å². The summed E-state index contributed by atoms with van der Waals surface area (Å²) in [6.45, 7) is 1.67. The second-order valence-corrected chi connectivity index (χ2v) is 3.82. The minimum absolute atomic E-state index is 0.530. The number of aryl methyl sites for hydroxylation is 1. The van der Waals surface area contributed by atoms with Crippen LogP contribution < -0.4 is 11.3 Å². The summed E-state index contributed by atoms with van der Waals surface area (Å²) in [6, 6.07) is 2.33. The van der Waals surface area contributed by atoms with Crippen LogP contribution in [0.15, 0.2) is 30.5 Å². The van der Waals surface area contributed by atoms with Gasteiger partial charge >= 0.3 is 5.69 Å². The van der Waals surface area contributed by atoms with Crippen LogP contribution in [0.2, 0.25) is 0 Å². The highest BCUT2D eigenvalue weighted by Crippen LogP contribution is 2.26. The molecule has 0 radical (unpaired) electrons. The largest absolute Gasteiger partial charge is 0.305 e. The number of halogens is 1. The monoisotopic (exact) mass is 250 g/mol. The number of allylic oxidation sites excluding steroid dienone is 2. The number of nitro groups is 1. The van der Waals surface area contributed by atoms with E-state index in [-0.39, 0.29) is 0 Å². The van der Waals surface area contributed by atoms with E-state index >= 15 is 0 Å². The van der Waals surface area contributed by atoms with Gasteiger partial charge < -0.3 is 0 Å². The van der Waals surface area contributed by atoms with Crippen molar-refractivity contribution in [2.75, 3.05) is 0 Å². The maximum atomic E-state index is 13.4. The number of rotatable bonds is 2. The average Bonchev–Trinajstić information content (AvgIpc) is 2.28. The fourth-order valence-electron chi connectivity index (χ4n) is 1.69. The van der Waals surface area contributed by atoms with E-state index in [2.05, 4.69) is 5.43 Å². The molecule has 1 aromatic rings. The molecule has 1 aliphatic heterocycles. The van der Waals surface area contributed by atoms with Crippen LogP contribution in [-0.2, 0) is 0 Å². The van der Waals surface area contributed by atoms with E-state index < -0.39 is 16.4 Å². The van der Waals surface area contributed by atoms with E-state index in [4.69, 9.17) is 5.84 Å². The van der Waals surface area contributed by atoms with Crippen molar-refractivity contribution in [3.8, 4) is 0 Å². The molecular formula is C11H11FN4O2. The number of nitrogens with one attached hydrogen (secondary N) is 1. The Kier molecular flexibility index (Phi) is 2.99. The van der Waals surface area contributed by atoms with Gasteiger partial charge in [-0.05, 0) is 30.7 Å². The third-order valence-electron chi connectivity index (χ3n) is 2.54. The highest BCUT2D eigenvalue weighted by atomic mass is 19.1. The first-order valence-electron chi connectivity index (χ1n) is 5.13. The Labute approximate surface area is 102 Å². The van der Waals surface area contributed by atoms with Crippen LogP contribution in [0, 0.1) is 22.9 Å². The summed E-state index contributed by atoms with van der Waals surface area (Å²) in [4.78, 5) is 9.96. The lowest BCUT2D eigenvalue weighted by Gasteiger charge is -2.22.